The van der Waals surface area contributed by atoms with Crippen molar-refractivity contribution < 1.29 is 12.8 Å². The molecule has 2 aromatic rings. The highest BCUT2D eigenvalue weighted by atomic mass is 35.5. The van der Waals surface area contributed by atoms with E-state index in [-0.39, 0.29) is 11.0 Å². The molecule has 1 atom stereocenters. The fourth-order valence-electron chi connectivity index (χ4n) is 3.06. The van der Waals surface area contributed by atoms with E-state index in [0.717, 1.165) is 17.7 Å². The maximum atomic E-state index is 13.2. The third kappa shape index (κ3) is 4.08. The van der Waals surface area contributed by atoms with Crippen LogP contribution in [0.5, 0.6) is 0 Å². The van der Waals surface area contributed by atoms with Gasteiger partial charge in [0, 0.05) is 11.4 Å². The minimum atomic E-state index is -3.67. The van der Waals surface area contributed by atoms with Crippen LogP contribution < -0.4 is 4.31 Å². The summed E-state index contributed by atoms with van der Waals surface area (Å²) in [6.07, 6.45) is 0.594. The fraction of sp³-hybridized carbons (Fsp3) is 0.333. The predicted molar refractivity (Wildman–Crippen MR) is 104 cm³/mol. The van der Waals surface area contributed by atoms with E-state index in [1.54, 1.807) is 24.3 Å². The number of anilines is 1. The van der Waals surface area contributed by atoms with Crippen molar-refractivity contribution in [2.75, 3.05) is 10.8 Å². The lowest BCUT2D eigenvalue weighted by atomic mass is 10.0. The molecule has 25 heavy (non-hydrogen) atoms. The molecule has 7 heteroatoms. The maximum absolute atomic E-state index is 13.2. The molecular weight excluding hydrogens is 374 g/mol. The first-order valence-electron chi connectivity index (χ1n) is 8.21. The van der Waals surface area contributed by atoms with Crippen molar-refractivity contribution in [1.82, 2.24) is 0 Å². The van der Waals surface area contributed by atoms with Crippen LogP contribution in [0.2, 0.25) is 24.7 Å². The van der Waals surface area contributed by atoms with Gasteiger partial charge in [-0.3, -0.25) is 4.31 Å². The van der Waals surface area contributed by atoms with Crippen molar-refractivity contribution >= 4 is 35.6 Å². The summed E-state index contributed by atoms with van der Waals surface area (Å²) in [4.78, 5) is 0.236. The second-order valence-electron chi connectivity index (χ2n) is 7.18. The van der Waals surface area contributed by atoms with Gasteiger partial charge in [-0.25, -0.2) is 8.42 Å². The Morgan fingerprint density at radius 1 is 1.08 bits per heavy atom. The van der Waals surface area contributed by atoms with Crippen LogP contribution in [0.25, 0.3) is 0 Å². The molecule has 0 saturated carbocycles. The average Bonchev–Trinajstić information content (AvgIpc) is 2.53. The van der Waals surface area contributed by atoms with Crippen LogP contribution in [0.4, 0.5) is 5.69 Å². The molecule has 1 aliphatic heterocycles. The van der Waals surface area contributed by atoms with Crippen LogP contribution in [0.3, 0.4) is 0 Å². The monoisotopic (exact) mass is 395 g/mol. The van der Waals surface area contributed by atoms with E-state index >= 15 is 0 Å². The van der Waals surface area contributed by atoms with Crippen LogP contribution in [0.15, 0.2) is 53.4 Å². The summed E-state index contributed by atoms with van der Waals surface area (Å²) in [5, 5.41) is 0.512. The van der Waals surface area contributed by atoms with Gasteiger partial charge in [-0.1, -0.05) is 29.8 Å². The molecule has 1 heterocycles. The van der Waals surface area contributed by atoms with Crippen molar-refractivity contribution in [3.8, 4) is 0 Å². The molecule has 0 fully saturated rings. The molecule has 3 rings (SSSR count). The minimum Gasteiger partial charge on any atom is -0.413 e. The van der Waals surface area contributed by atoms with Crippen LogP contribution in [-0.4, -0.2) is 29.4 Å². The van der Waals surface area contributed by atoms with Crippen LogP contribution in [0.1, 0.15) is 5.56 Å². The summed E-state index contributed by atoms with van der Waals surface area (Å²) >= 11 is 5.90. The Hall–Kier alpha value is -1.34. The van der Waals surface area contributed by atoms with Crippen molar-refractivity contribution in [3.05, 3.63) is 59.1 Å². The van der Waals surface area contributed by atoms with E-state index in [9.17, 15) is 8.42 Å². The first kappa shape index (κ1) is 18.4. The summed E-state index contributed by atoms with van der Waals surface area (Å²) in [6, 6.07) is 13.9. The number of sulfonamides is 1. The van der Waals surface area contributed by atoms with E-state index in [4.69, 9.17) is 16.0 Å². The zero-order valence-electron chi connectivity index (χ0n) is 14.6. The third-order valence-electron chi connectivity index (χ3n) is 4.00. The Balaban J connectivity index is 2.02. The Morgan fingerprint density at radius 3 is 2.36 bits per heavy atom. The minimum absolute atomic E-state index is 0.136. The molecule has 0 bridgehead atoms. The summed E-state index contributed by atoms with van der Waals surface area (Å²) in [5.74, 6) is 0. The molecule has 0 radical (unpaired) electrons. The maximum Gasteiger partial charge on any atom is 0.264 e. The molecule has 0 aromatic heterocycles. The quantitative estimate of drug-likeness (QED) is 0.724. The fourth-order valence-corrected chi connectivity index (χ4v) is 5.88. The van der Waals surface area contributed by atoms with Gasteiger partial charge in [0.2, 0.25) is 0 Å². The van der Waals surface area contributed by atoms with Crippen molar-refractivity contribution in [3.63, 3.8) is 0 Å². The number of fused-ring (bicyclic) bond motifs is 1. The van der Waals surface area contributed by atoms with Gasteiger partial charge in [0.1, 0.15) is 0 Å². The van der Waals surface area contributed by atoms with Crippen molar-refractivity contribution in [1.29, 1.82) is 0 Å². The van der Waals surface area contributed by atoms with E-state index in [1.807, 2.05) is 24.3 Å². The normalized spacial score (nSPS) is 18.1. The summed E-state index contributed by atoms with van der Waals surface area (Å²) in [7, 11) is -5.45. The van der Waals surface area contributed by atoms with E-state index in [1.165, 1.54) is 4.31 Å². The molecule has 134 valence electrons. The molecule has 2 aromatic carbocycles. The Morgan fingerprint density at radius 2 is 1.72 bits per heavy atom. The lowest BCUT2D eigenvalue weighted by Crippen LogP contribution is -2.46. The molecule has 0 spiro atoms. The number of halogens is 1. The zero-order valence-corrected chi connectivity index (χ0v) is 17.1. The van der Waals surface area contributed by atoms with Gasteiger partial charge in [0.05, 0.1) is 23.2 Å². The van der Waals surface area contributed by atoms with Gasteiger partial charge < -0.3 is 4.43 Å². The smallest absolute Gasteiger partial charge is 0.264 e. The molecule has 1 aliphatic rings. The highest BCUT2D eigenvalue weighted by Crippen LogP contribution is 2.33. The second kappa shape index (κ2) is 6.76. The number of para-hydroxylation sites is 1. The molecule has 4 nitrogen and oxygen atoms in total. The number of hydrogen-bond acceptors (Lipinski definition) is 3. The first-order chi connectivity index (χ1) is 11.7. The van der Waals surface area contributed by atoms with Gasteiger partial charge in [-0.2, -0.15) is 0 Å². The Bertz CT molecular complexity index is 863. The van der Waals surface area contributed by atoms with Gasteiger partial charge in [0.15, 0.2) is 8.32 Å². The largest absolute Gasteiger partial charge is 0.413 e. The Labute approximate surface area is 155 Å². The van der Waals surface area contributed by atoms with Crippen molar-refractivity contribution in [2.24, 2.45) is 0 Å². The van der Waals surface area contributed by atoms with E-state index in [2.05, 4.69) is 19.6 Å². The van der Waals surface area contributed by atoms with E-state index in [0.29, 0.717) is 11.6 Å². The number of nitrogens with zero attached hydrogens (tertiary/aromatic N) is 1. The van der Waals surface area contributed by atoms with Crippen LogP contribution in [0, 0.1) is 0 Å². The van der Waals surface area contributed by atoms with Gasteiger partial charge in [-0.05, 0) is 55.5 Å². The highest BCUT2D eigenvalue weighted by molar-refractivity contribution is 7.92. The molecule has 0 aliphatic carbocycles. The van der Waals surface area contributed by atoms with E-state index < -0.39 is 18.3 Å². The summed E-state index contributed by atoms with van der Waals surface area (Å²) in [6.45, 7) is 6.68. The molecule has 0 N–H and O–H groups in total. The first-order valence-corrected chi connectivity index (χ1v) is 13.4. The number of benzene rings is 2. The topological polar surface area (TPSA) is 46.6 Å². The number of hydrogen-bond donors (Lipinski definition) is 0. The van der Waals surface area contributed by atoms with Gasteiger partial charge in [0.25, 0.3) is 10.0 Å². The van der Waals surface area contributed by atoms with Gasteiger partial charge >= 0.3 is 0 Å². The summed E-state index contributed by atoms with van der Waals surface area (Å²) in [5.41, 5.74) is 1.72. The SMILES string of the molecule is C[Si](C)(C)OC1Cc2ccccc2N(S(=O)(=O)c2ccc(Cl)cc2)C1. The molecular formula is C18H22ClNO3SSi. The van der Waals surface area contributed by atoms with Crippen LogP contribution >= 0.6 is 11.6 Å². The number of rotatable bonds is 4. The van der Waals surface area contributed by atoms with Crippen molar-refractivity contribution in [2.45, 2.75) is 37.1 Å². The lowest BCUT2D eigenvalue weighted by molar-refractivity contribution is 0.199. The van der Waals surface area contributed by atoms with Crippen LogP contribution in [-0.2, 0) is 20.9 Å². The Kier molecular flexibility index (Phi) is 4.99. The second-order valence-corrected chi connectivity index (χ2v) is 13.9. The highest BCUT2D eigenvalue weighted by Gasteiger charge is 2.35. The average molecular weight is 396 g/mol. The lowest BCUT2D eigenvalue weighted by Gasteiger charge is -2.37. The summed E-state index contributed by atoms with van der Waals surface area (Å²) < 4.78 is 34.1. The third-order valence-corrected chi connectivity index (χ3v) is 7.09. The van der Waals surface area contributed by atoms with Gasteiger partial charge in [-0.15, -0.1) is 0 Å². The standard InChI is InChI=1S/C18H22ClNO3SSi/c1-25(2,3)23-16-12-14-6-4-5-7-18(14)20(13-16)24(21,22)17-10-8-15(19)9-11-17/h4-11,16H,12-13H2,1-3H3. The zero-order chi connectivity index (χ0) is 18.2. The predicted octanol–water partition coefficient (Wildman–Crippen LogP) is 4.31. The molecule has 0 saturated heterocycles. The molecule has 1 unspecified atom stereocenters. The molecule has 0 amide bonds.